The molecule has 88 valence electrons. The van der Waals surface area contributed by atoms with Crippen molar-refractivity contribution in [3.8, 4) is 5.75 Å². The van der Waals surface area contributed by atoms with Crippen LogP contribution in [0, 0.1) is 11.8 Å². The predicted molar refractivity (Wildman–Crippen MR) is 61.7 cm³/mol. The van der Waals surface area contributed by atoms with Crippen LogP contribution in [0.3, 0.4) is 0 Å². The third-order valence-corrected chi connectivity index (χ3v) is 3.84. The van der Waals surface area contributed by atoms with Crippen molar-refractivity contribution in [3.63, 3.8) is 0 Å². The summed E-state index contributed by atoms with van der Waals surface area (Å²) in [5.41, 5.74) is 1.01. The Hall–Kier alpha value is -1.64. The van der Waals surface area contributed by atoms with Gasteiger partial charge in [0.05, 0.1) is 5.92 Å². The van der Waals surface area contributed by atoms with Gasteiger partial charge in [0.1, 0.15) is 11.5 Å². The first-order valence-electron chi connectivity index (χ1n) is 5.99. The minimum atomic E-state index is -0.172. The van der Waals surface area contributed by atoms with Crippen LogP contribution < -0.4 is 4.74 Å². The summed E-state index contributed by atoms with van der Waals surface area (Å²) < 4.78 is 5.36. The highest BCUT2D eigenvalue weighted by Gasteiger charge is 2.45. The summed E-state index contributed by atoms with van der Waals surface area (Å²) >= 11 is 0. The van der Waals surface area contributed by atoms with Gasteiger partial charge in [-0.2, -0.15) is 0 Å². The lowest BCUT2D eigenvalue weighted by Crippen LogP contribution is -2.40. The lowest BCUT2D eigenvalue weighted by atomic mass is 9.68. The molecule has 0 spiro atoms. The second-order valence-electron chi connectivity index (χ2n) is 5.02. The van der Waals surface area contributed by atoms with Crippen molar-refractivity contribution in [2.45, 2.75) is 25.7 Å². The van der Waals surface area contributed by atoms with Crippen LogP contribution in [0.25, 0.3) is 0 Å². The molecule has 1 saturated carbocycles. The van der Waals surface area contributed by atoms with Gasteiger partial charge in [0.15, 0.2) is 0 Å². The van der Waals surface area contributed by atoms with E-state index in [1.807, 2.05) is 25.1 Å². The zero-order chi connectivity index (χ0) is 12.0. The van der Waals surface area contributed by atoms with Gasteiger partial charge in [0.25, 0.3) is 0 Å². The van der Waals surface area contributed by atoms with Gasteiger partial charge in [-0.05, 0) is 17.5 Å². The molecule has 3 rings (SSSR count). The third-order valence-electron chi connectivity index (χ3n) is 3.84. The molecular formula is C14H14O3. The van der Waals surface area contributed by atoms with Crippen LogP contribution in [-0.4, -0.2) is 11.8 Å². The Bertz CT molecular complexity index is 492. The van der Waals surface area contributed by atoms with Crippen LogP contribution in [0.2, 0.25) is 0 Å². The molecule has 0 amide bonds. The molecule has 1 aromatic rings. The fraction of sp³-hybridized carbons (Fsp3) is 0.429. The van der Waals surface area contributed by atoms with Crippen LogP contribution in [0.1, 0.15) is 31.2 Å². The van der Waals surface area contributed by atoms with Crippen LogP contribution in [0.15, 0.2) is 24.3 Å². The summed E-state index contributed by atoms with van der Waals surface area (Å²) in [4.78, 5) is 23.7. The molecule has 1 aromatic carbocycles. The largest absolute Gasteiger partial charge is 0.426 e. The molecule has 0 unspecified atom stereocenters. The summed E-state index contributed by atoms with van der Waals surface area (Å²) in [5, 5.41) is 0. The van der Waals surface area contributed by atoms with Gasteiger partial charge in [0.2, 0.25) is 0 Å². The zero-order valence-corrected chi connectivity index (χ0v) is 9.68. The molecule has 3 nitrogen and oxygen atoms in total. The molecule has 0 saturated heterocycles. The van der Waals surface area contributed by atoms with E-state index in [1.165, 1.54) is 0 Å². The van der Waals surface area contributed by atoms with Gasteiger partial charge in [-0.15, -0.1) is 0 Å². The Morgan fingerprint density at radius 3 is 2.76 bits per heavy atom. The molecule has 1 aliphatic carbocycles. The number of fused-ring (bicyclic) bond motifs is 3. The average Bonchev–Trinajstić information content (AvgIpc) is 2.28. The minimum Gasteiger partial charge on any atom is -0.426 e. The van der Waals surface area contributed by atoms with Gasteiger partial charge >= 0.3 is 5.97 Å². The molecule has 17 heavy (non-hydrogen) atoms. The van der Waals surface area contributed by atoms with Crippen LogP contribution in [0.4, 0.5) is 0 Å². The summed E-state index contributed by atoms with van der Waals surface area (Å²) in [6.45, 7) is 1.96. The van der Waals surface area contributed by atoms with E-state index >= 15 is 0 Å². The lowest BCUT2D eigenvalue weighted by molar-refractivity contribution is -0.145. The maximum absolute atomic E-state index is 12.0. The van der Waals surface area contributed by atoms with Crippen LogP contribution in [0.5, 0.6) is 5.75 Å². The highest BCUT2D eigenvalue weighted by molar-refractivity contribution is 5.87. The highest BCUT2D eigenvalue weighted by Crippen LogP contribution is 2.46. The zero-order valence-electron chi connectivity index (χ0n) is 9.68. The molecule has 0 bridgehead atoms. The number of ketones is 1. The maximum atomic E-state index is 12.0. The first-order chi connectivity index (χ1) is 8.16. The van der Waals surface area contributed by atoms with E-state index in [1.54, 1.807) is 6.07 Å². The second kappa shape index (κ2) is 3.69. The molecule has 3 atom stereocenters. The van der Waals surface area contributed by atoms with Gasteiger partial charge in [-0.25, -0.2) is 0 Å². The van der Waals surface area contributed by atoms with Crippen LogP contribution >= 0.6 is 0 Å². The first-order valence-corrected chi connectivity index (χ1v) is 5.99. The topological polar surface area (TPSA) is 43.4 Å². The summed E-state index contributed by atoms with van der Waals surface area (Å²) in [6, 6.07) is 7.54. The standard InChI is InChI=1S/C14H14O3/c1-8-6-9(15)7-11-10-4-2-3-5-12(10)17-14(16)13(8)11/h2-5,8,11,13H,6-7H2,1H3/t8-,11-,13-/m1/s1. The number of benzene rings is 1. The van der Waals surface area contributed by atoms with Crippen molar-refractivity contribution in [1.29, 1.82) is 0 Å². The van der Waals surface area contributed by atoms with Crippen LogP contribution in [-0.2, 0) is 9.59 Å². The fourth-order valence-corrected chi connectivity index (χ4v) is 3.09. The number of rotatable bonds is 0. The number of carbonyl (C=O) groups excluding carboxylic acids is 2. The number of carbonyl (C=O) groups is 2. The number of Topliss-reactive ketones (excluding diaryl/α,β-unsaturated/α-hetero) is 1. The summed E-state index contributed by atoms with van der Waals surface area (Å²) in [7, 11) is 0. The fourth-order valence-electron chi connectivity index (χ4n) is 3.09. The number of ether oxygens (including phenoxy) is 1. The molecule has 1 fully saturated rings. The van der Waals surface area contributed by atoms with E-state index in [0.29, 0.717) is 18.6 Å². The van der Waals surface area contributed by atoms with E-state index in [0.717, 1.165) is 5.56 Å². The van der Waals surface area contributed by atoms with Gasteiger partial charge in [-0.3, -0.25) is 9.59 Å². The highest BCUT2D eigenvalue weighted by atomic mass is 16.5. The number of hydrogen-bond acceptors (Lipinski definition) is 3. The Kier molecular flexibility index (Phi) is 2.28. The SMILES string of the molecule is C[C@@H]1CC(=O)C[C@@H]2c3ccccc3OC(=O)[C@H]12. The van der Waals surface area contributed by atoms with E-state index in [2.05, 4.69) is 0 Å². The molecule has 0 radical (unpaired) electrons. The number of esters is 1. The Morgan fingerprint density at radius 1 is 1.18 bits per heavy atom. The second-order valence-corrected chi connectivity index (χ2v) is 5.02. The first kappa shape index (κ1) is 10.5. The van der Waals surface area contributed by atoms with Crippen molar-refractivity contribution in [3.05, 3.63) is 29.8 Å². The summed E-state index contributed by atoms with van der Waals surface area (Å²) in [6.07, 6.45) is 0.972. The molecule has 3 heteroatoms. The molecule has 0 N–H and O–H groups in total. The molecule has 0 aromatic heterocycles. The monoisotopic (exact) mass is 230 g/mol. The van der Waals surface area contributed by atoms with Crippen molar-refractivity contribution in [2.24, 2.45) is 11.8 Å². The number of hydrogen-bond donors (Lipinski definition) is 0. The Labute approximate surface area is 99.8 Å². The molecule has 1 heterocycles. The van der Waals surface area contributed by atoms with E-state index in [4.69, 9.17) is 4.74 Å². The Balaban J connectivity index is 2.08. The van der Waals surface area contributed by atoms with E-state index < -0.39 is 0 Å². The van der Waals surface area contributed by atoms with Crippen molar-refractivity contribution < 1.29 is 14.3 Å². The molecular weight excluding hydrogens is 216 g/mol. The Morgan fingerprint density at radius 2 is 1.94 bits per heavy atom. The van der Waals surface area contributed by atoms with E-state index in [-0.39, 0.29) is 29.5 Å². The normalized spacial score (nSPS) is 31.5. The summed E-state index contributed by atoms with van der Waals surface area (Å²) in [5.74, 6) is 0.658. The third kappa shape index (κ3) is 1.57. The van der Waals surface area contributed by atoms with E-state index in [9.17, 15) is 9.59 Å². The quantitative estimate of drug-likeness (QED) is 0.507. The van der Waals surface area contributed by atoms with Crippen molar-refractivity contribution >= 4 is 11.8 Å². The smallest absolute Gasteiger partial charge is 0.315 e. The predicted octanol–water partition coefficient (Wildman–Crippen LogP) is 2.30. The maximum Gasteiger partial charge on any atom is 0.315 e. The lowest BCUT2D eigenvalue weighted by Gasteiger charge is -2.38. The minimum absolute atomic E-state index is 0.0173. The molecule has 2 aliphatic rings. The van der Waals surface area contributed by atoms with Crippen molar-refractivity contribution in [1.82, 2.24) is 0 Å². The van der Waals surface area contributed by atoms with Gasteiger partial charge in [-0.1, -0.05) is 25.1 Å². The van der Waals surface area contributed by atoms with Gasteiger partial charge < -0.3 is 4.74 Å². The number of para-hydroxylation sites is 1. The van der Waals surface area contributed by atoms with Gasteiger partial charge in [0, 0.05) is 18.8 Å². The average molecular weight is 230 g/mol. The van der Waals surface area contributed by atoms with Crippen molar-refractivity contribution in [2.75, 3.05) is 0 Å². The molecule has 1 aliphatic heterocycles.